The molecule has 0 radical (unpaired) electrons. The topological polar surface area (TPSA) is 60.4 Å². The van der Waals surface area contributed by atoms with Crippen LogP contribution >= 0.6 is 0 Å². The number of likely N-dealkylation sites (N-methyl/N-ethyl adjacent to an activating group) is 1. The maximum Gasteiger partial charge on any atom is 0.147 e. The molecular formula is C22H27N7. The van der Waals surface area contributed by atoms with E-state index in [-0.39, 0.29) is 0 Å². The van der Waals surface area contributed by atoms with Gasteiger partial charge in [0.05, 0.1) is 17.2 Å². The summed E-state index contributed by atoms with van der Waals surface area (Å²) in [6, 6.07) is 10.6. The fourth-order valence-corrected chi connectivity index (χ4v) is 4.01. The Hall–Kier alpha value is -2.77. The molecule has 1 N–H and O–H groups in total. The van der Waals surface area contributed by atoms with Gasteiger partial charge in [-0.3, -0.25) is 4.98 Å². The van der Waals surface area contributed by atoms with Gasteiger partial charge in [-0.05, 0) is 36.9 Å². The number of nitrogens with one attached hydrogen (secondary N) is 1. The molecule has 0 spiro atoms. The molecule has 2 saturated heterocycles. The van der Waals surface area contributed by atoms with Crippen molar-refractivity contribution in [3.63, 3.8) is 0 Å². The molecule has 0 atom stereocenters. The number of benzene rings is 1. The van der Waals surface area contributed by atoms with E-state index in [0.717, 1.165) is 86.2 Å². The van der Waals surface area contributed by atoms with Crippen LogP contribution in [0.1, 0.15) is 0 Å². The second-order valence-electron chi connectivity index (χ2n) is 7.86. The van der Waals surface area contributed by atoms with Crippen molar-refractivity contribution in [1.29, 1.82) is 0 Å². The molecule has 5 rings (SSSR count). The van der Waals surface area contributed by atoms with E-state index in [1.807, 2.05) is 12.4 Å². The van der Waals surface area contributed by atoms with Crippen LogP contribution in [0.15, 0.2) is 42.7 Å². The Bertz CT molecular complexity index is 974. The molecule has 0 aliphatic carbocycles. The van der Waals surface area contributed by atoms with Crippen LogP contribution in [0.2, 0.25) is 0 Å². The van der Waals surface area contributed by atoms with Crippen molar-refractivity contribution in [2.24, 2.45) is 0 Å². The molecule has 0 amide bonds. The second kappa shape index (κ2) is 7.93. The average Bonchev–Trinajstić information content (AvgIpc) is 2.79. The number of fused-ring (bicyclic) bond motifs is 1. The van der Waals surface area contributed by atoms with E-state index in [2.05, 4.69) is 62.4 Å². The summed E-state index contributed by atoms with van der Waals surface area (Å²) >= 11 is 0. The number of aromatic nitrogens is 3. The molecular weight excluding hydrogens is 362 g/mol. The van der Waals surface area contributed by atoms with Gasteiger partial charge in [0.2, 0.25) is 0 Å². The molecule has 7 heteroatoms. The Morgan fingerprint density at radius 2 is 1.48 bits per heavy atom. The molecule has 29 heavy (non-hydrogen) atoms. The highest BCUT2D eigenvalue weighted by atomic mass is 15.3. The summed E-state index contributed by atoms with van der Waals surface area (Å²) in [6.07, 6.45) is 3.87. The van der Waals surface area contributed by atoms with E-state index < -0.39 is 0 Å². The van der Waals surface area contributed by atoms with Crippen LogP contribution in [-0.2, 0) is 0 Å². The average molecular weight is 390 g/mol. The van der Waals surface area contributed by atoms with E-state index in [1.165, 1.54) is 0 Å². The zero-order chi connectivity index (χ0) is 19.6. The minimum Gasteiger partial charge on any atom is -0.354 e. The lowest BCUT2D eigenvalue weighted by Gasteiger charge is -2.33. The molecule has 2 aliphatic heterocycles. The van der Waals surface area contributed by atoms with Gasteiger partial charge in [-0.25, -0.2) is 9.97 Å². The largest absolute Gasteiger partial charge is 0.354 e. The molecule has 150 valence electrons. The SMILES string of the molecule is CN1CCN(c2cnc3ccc(-c4ccc(N5CCNCC5)nc4)cc3n2)CC1. The fraction of sp³-hybridized carbons (Fsp3) is 0.409. The van der Waals surface area contributed by atoms with Gasteiger partial charge in [-0.1, -0.05) is 6.07 Å². The lowest BCUT2D eigenvalue weighted by atomic mass is 10.1. The van der Waals surface area contributed by atoms with E-state index in [9.17, 15) is 0 Å². The highest BCUT2D eigenvalue weighted by molar-refractivity contribution is 5.82. The van der Waals surface area contributed by atoms with Gasteiger partial charge in [0, 0.05) is 64.1 Å². The second-order valence-corrected chi connectivity index (χ2v) is 7.86. The molecule has 0 saturated carbocycles. The van der Waals surface area contributed by atoms with Gasteiger partial charge in [-0.15, -0.1) is 0 Å². The first-order valence-electron chi connectivity index (χ1n) is 10.4. The lowest BCUT2D eigenvalue weighted by Crippen LogP contribution is -2.44. The quantitative estimate of drug-likeness (QED) is 0.734. The summed E-state index contributed by atoms with van der Waals surface area (Å²) in [5.41, 5.74) is 4.10. The number of piperazine rings is 2. The number of nitrogens with zero attached hydrogens (tertiary/aromatic N) is 6. The zero-order valence-electron chi connectivity index (χ0n) is 16.9. The van der Waals surface area contributed by atoms with Crippen LogP contribution in [-0.4, -0.2) is 79.3 Å². The summed E-state index contributed by atoms with van der Waals surface area (Å²) in [5.74, 6) is 2.02. The third kappa shape index (κ3) is 3.88. The smallest absolute Gasteiger partial charge is 0.147 e. The molecule has 7 nitrogen and oxygen atoms in total. The predicted octanol–water partition coefficient (Wildman–Crippen LogP) is 1.85. The van der Waals surface area contributed by atoms with Crippen LogP contribution in [0, 0.1) is 0 Å². The van der Waals surface area contributed by atoms with E-state index in [0.29, 0.717) is 0 Å². The number of anilines is 2. The minimum absolute atomic E-state index is 0.928. The number of hydrogen-bond acceptors (Lipinski definition) is 7. The van der Waals surface area contributed by atoms with Gasteiger partial charge < -0.3 is 20.0 Å². The Morgan fingerprint density at radius 1 is 0.724 bits per heavy atom. The molecule has 2 fully saturated rings. The molecule has 2 aliphatic rings. The summed E-state index contributed by atoms with van der Waals surface area (Å²) in [5, 5.41) is 3.38. The van der Waals surface area contributed by atoms with Gasteiger partial charge >= 0.3 is 0 Å². The lowest BCUT2D eigenvalue weighted by molar-refractivity contribution is 0.312. The first-order chi connectivity index (χ1) is 14.3. The fourth-order valence-electron chi connectivity index (χ4n) is 4.01. The van der Waals surface area contributed by atoms with Gasteiger partial charge in [-0.2, -0.15) is 0 Å². The maximum atomic E-state index is 4.91. The molecule has 1 aromatic carbocycles. The standard InChI is InChI=1S/C22H27N7/c1-27-10-12-29(13-11-27)22-16-24-19-4-2-17(14-20(19)26-22)18-3-5-21(25-15-18)28-8-6-23-7-9-28/h2-5,14-16,23H,6-13H2,1H3. The van der Waals surface area contributed by atoms with E-state index >= 15 is 0 Å². The van der Waals surface area contributed by atoms with Gasteiger partial charge in [0.1, 0.15) is 11.6 Å². The number of hydrogen-bond donors (Lipinski definition) is 1. The minimum atomic E-state index is 0.928. The summed E-state index contributed by atoms with van der Waals surface area (Å²) < 4.78 is 0. The highest BCUT2D eigenvalue weighted by Crippen LogP contribution is 2.25. The normalized spacial score (nSPS) is 18.4. The van der Waals surface area contributed by atoms with Crippen molar-refractivity contribution in [3.8, 4) is 11.1 Å². The first kappa shape index (κ1) is 18.3. The predicted molar refractivity (Wildman–Crippen MR) is 118 cm³/mol. The van der Waals surface area contributed by atoms with Crippen molar-refractivity contribution in [2.45, 2.75) is 0 Å². The van der Waals surface area contributed by atoms with Crippen molar-refractivity contribution < 1.29 is 0 Å². The zero-order valence-corrected chi connectivity index (χ0v) is 16.9. The Labute approximate surface area is 171 Å². The molecule has 0 unspecified atom stereocenters. The van der Waals surface area contributed by atoms with Crippen LogP contribution in [0.25, 0.3) is 22.2 Å². The maximum absolute atomic E-state index is 4.91. The first-order valence-corrected chi connectivity index (χ1v) is 10.4. The highest BCUT2D eigenvalue weighted by Gasteiger charge is 2.16. The number of rotatable bonds is 3. The van der Waals surface area contributed by atoms with Gasteiger partial charge in [0.25, 0.3) is 0 Å². The van der Waals surface area contributed by atoms with Crippen molar-refractivity contribution >= 4 is 22.7 Å². The number of pyridine rings is 1. The third-order valence-electron chi connectivity index (χ3n) is 5.88. The van der Waals surface area contributed by atoms with E-state index in [4.69, 9.17) is 9.97 Å². The van der Waals surface area contributed by atoms with Crippen LogP contribution in [0.5, 0.6) is 0 Å². The summed E-state index contributed by atoms with van der Waals surface area (Å²) in [7, 11) is 2.16. The summed E-state index contributed by atoms with van der Waals surface area (Å²) in [6.45, 7) is 8.15. The van der Waals surface area contributed by atoms with Crippen molar-refractivity contribution in [3.05, 3.63) is 42.7 Å². The molecule has 3 aromatic rings. The van der Waals surface area contributed by atoms with Crippen molar-refractivity contribution in [1.82, 2.24) is 25.2 Å². The Kier molecular flexibility index (Phi) is 4.99. The van der Waals surface area contributed by atoms with E-state index in [1.54, 1.807) is 0 Å². The van der Waals surface area contributed by atoms with Crippen LogP contribution in [0.3, 0.4) is 0 Å². The van der Waals surface area contributed by atoms with Gasteiger partial charge in [0.15, 0.2) is 0 Å². The van der Waals surface area contributed by atoms with Crippen molar-refractivity contribution in [2.75, 3.05) is 69.2 Å². The molecule has 4 heterocycles. The van der Waals surface area contributed by atoms with Crippen LogP contribution in [0.4, 0.5) is 11.6 Å². The van der Waals surface area contributed by atoms with Crippen LogP contribution < -0.4 is 15.1 Å². The molecule has 2 aromatic heterocycles. The monoisotopic (exact) mass is 389 g/mol. The Morgan fingerprint density at radius 3 is 2.24 bits per heavy atom. The summed E-state index contributed by atoms with van der Waals surface area (Å²) in [4.78, 5) is 21.3. The third-order valence-corrected chi connectivity index (χ3v) is 5.88. The molecule has 0 bridgehead atoms. The Balaban J connectivity index is 1.39.